The molecule has 1 aromatic rings. The van der Waals surface area contributed by atoms with Crippen LogP contribution in [0.2, 0.25) is 5.02 Å². The molecule has 1 fully saturated rings. The molecule has 1 saturated carbocycles. The lowest BCUT2D eigenvalue weighted by Gasteiger charge is -2.42. The Hall–Kier alpha value is -0.530. The normalized spacial score (nSPS) is 18.6. The van der Waals surface area contributed by atoms with Gasteiger partial charge in [0.1, 0.15) is 0 Å². The van der Waals surface area contributed by atoms with Crippen LogP contribution < -0.4 is 5.73 Å². The topological polar surface area (TPSA) is 26.0 Å². The SMILES string of the molecule is CC(C)c1cc(Cl)cc(C2(CN)CCC2)c1. The minimum Gasteiger partial charge on any atom is -0.330 e. The van der Waals surface area contributed by atoms with E-state index in [2.05, 4.69) is 32.0 Å². The lowest BCUT2D eigenvalue weighted by molar-refractivity contribution is 0.253. The van der Waals surface area contributed by atoms with Gasteiger partial charge >= 0.3 is 0 Å². The van der Waals surface area contributed by atoms with E-state index < -0.39 is 0 Å². The first kappa shape index (κ1) is 11.9. The van der Waals surface area contributed by atoms with E-state index in [1.54, 1.807) is 0 Å². The summed E-state index contributed by atoms with van der Waals surface area (Å²) in [7, 11) is 0. The van der Waals surface area contributed by atoms with E-state index in [9.17, 15) is 0 Å². The van der Waals surface area contributed by atoms with E-state index in [1.807, 2.05) is 0 Å². The van der Waals surface area contributed by atoms with Crippen LogP contribution in [0.1, 0.15) is 50.2 Å². The average Bonchev–Trinajstić information content (AvgIpc) is 2.16. The number of benzene rings is 1. The van der Waals surface area contributed by atoms with Gasteiger partial charge in [0, 0.05) is 17.0 Å². The molecule has 0 aromatic heterocycles. The second-order valence-electron chi connectivity index (χ2n) is 5.27. The number of hydrogen-bond acceptors (Lipinski definition) is 1. The standard InChI is InChI=1S/C14H20ClN/c1-10(2)11-6-12(8-13(15)7-11)14(9-16)4-3-5-14/h6-8,10H,3-5,9,16H2,1-2H3. The molecule has 1 aromatic carbocycles. The van der Waals surface area contributed by atoms with Crippen molar-refractivity contribution in [2.45, 2.75) is 44.4 Å². The van der Waals surface area contributed by atoms with Crippen LogP contribution in [-0.2, 0) is 5.41 Å². The Balaban J connectivity index is 2.40. The highest BCUT2D eigenvalue weighted by Crippen LogP contribution is 2.44. The van der Waals surface area contributed by atoms with E-state index in [0.29, 0.717) is 5.92 Å². The Labute approximate surface area is 103 Å². The molecule has 2 N–H and O–H groups in total. The van der Waals surface area contributed by atoms with Crippen molar-refractivity contribution in [2.24, 2.45) is 5.73 Å². The molecule has 1 aliphatic rings. The number of halogens is 1. The van der Waals surface area contributed by atoms with Gasteiger partial charge in [-0.3, -0.25) is 0 Å². The summed E-state index contributed by atoms with van der Waals surface area (Å²) in [5.41, 5.74) is 8.82. The van der Waals surface area contributed by atoms with Crippen molar-refractivity contribution in [3.63, 3.8) is 0 Å². The maximum absolute atomic E-state index is 6.20. The van der Waals surface area contributed by atoms with Crippen molar-refractivity contribution >= 4 is 11.6 Å². The molecule has 0 radical (unpaired) electrons. The third-order valence-electron chi connectivity index (χ3n) is 3.90. The Kier molecular flexibility index (Phi) is 3.27. The molecule has 16 heavy (non-hydrogen) atoms. The van der Waals surface area contributed by atoms with Gasteiger partial charge in [0.25, 0.3) is 0 Å². The second-order valence-corrected chi connectivity index (χ2v) is 5.70. The summed E-state index contributed by atoms with van der Waals surface area (Å²) in [6, 6.07) is 6.46. The molecule has 0 amide bonds. The zero-order valence-electron chi connectivity index (χ0n) is 10.1. The molecule has 0 spiro atoms. The van der Waals surface area contributed by atoms with E-state index in [1.165, 1.54) is 30.4 Å². The monoisotopic (exact) mass is 237 g/mol. The Bertz CT molecular complexity index is 375. The summed E-state index contributed by atoms with van der Waals surface area (Å²) in [6.45, 7) is 5.14. The maximum atomic E-state index is 6.20. The summed E-state index contributed by atoms with van der Waals surface area (Å²) in [5.74, 6) is 0.521. The number of nitrogens with two attached hydrogens (primary N) is 1. The van der Waals surface area contributed by atoms with Crippen LogP contribution in [0.15, 0.2) is 18.2 Å². The minimum absolute atomic E-state index is 0.217. The van der Waals surface area contributed by atoms with Crippen LogP contribution in [0.3, 0.4) is 0 Å². The van der Waals surface area contributed by atoms with Crippen molar-refractivity contribution < 1.29 is 0 Å². The molecule has 1 nitrogen and oxygen atoms in total. The largest absolute Gasteiger partial charge is 0.330 e. The molecule has 88 valence electrons. The van der Waals surface area contributed by atoms with Gasteiger partial charge in [-0.25, -0.2) is 0 Å². The Morgan fingerprint density at radius 2 is 2.00 bits per heavy atom. The fraction of sp³-hybridized carbons (Fsp3) is 0.571. The molecule has 0 unspecified atom stereocenters. The van der Waals surface area contributed by atoms with Gasteiger partial charge in [0.2, 0.25) is 0 Å². The predicted octanol–water partition coefficient (Wildman–Crippen LogP) is 3.84. The summed E-state index contributed by atoms with van der Waals surface area (Å²) in [4.78, 5) is 0. The third-order valence-corrected chi connectivity index (χ3v) is 4.12. The van der Waals surface area contributed by atoms with Crippen molar-refractivity contribution in [3.05, 3.63) is 34.3 Å². The summed E-state index contributed by atoms with van der Waals surface area (Å²) in [6.07, 6.45) is 3.71. The molecule has 0 heterocycles. The molecule has 1 aliphatic carbocycles. The van der Waals surface area contributed by atoms with Gasteiger partial charge in [-0.2, -0.15) is 0 Å². The fourth-order valence-electron chi connectivity index (χ4n) is 2.47. The van der Waals surface area contributed by atoms with E-state index in [4.69, 9.17) is 17.3 Å². The van der Waals surface area contributed by atoms with Gasteiger partial charge in [0.05, 0.1) is 0 Å². The molecule has 0 bridgehead atoms. The average molecular weight is 238 g/mol. The van der Waals surface area contributed by atoms with Gasteiger partial charge in [-0.05, 0) is 42.0 Å². The smallest absolute Gasteiger partial charge is 0.0411 e. The molecule has 2 rings (SSSR count). The number of rotatable bonds is 3. The first-order valence-corrected chi connectivity index (χ1v) is 6.46. The molecule has 0 atom stereocenters. The van der Waals surface area contributed by atoms with Crippen LogP contribution in [0, 0.1) is 0 Å². The van der Waals surface area contributed by atoms with Crippen LogP contribution in [0.4, 0.5) is 0 Å². The fourth-order valence-corrected chi connectivity index (χ4v) is 2.71. The van der Waals surface area contributed by atoms with Crippen molar-refractivity contribution in [1.29, 1.82) is 0 Å². The van der Waals surface area contributed by atoms with E-state index >= 15 is 0 Å². The molecule has 0 aliphatic heterocycles. The van der Waals surface area contributed by atoms with Gasteiger partial charge in [-0.15, -0.1) is 0 Å². The van der Waals surface area contributed by atoms with Crippen LogP contribution >= 0.6 is 11.6 Å². The predicted molar refractivity (Wildman–Crippen MR) is 70.1 cm³/mol. The summed E-state index contributed by atoms with van der Waals surface area (Å²) >= 11 is 6.20. The lowest BCUT2D eigenvalue weighted by atomic mass is 9.64. The highest BCUT2D eigenvalue weighted by atomic mass is 35.5. The zero-order chi connectivity index (χ0) is 11.8. The van der Waals surface area contributed by atoms with Gasteiger partial charge < -0.3 is 5.73 Å². The maximum Gasteiger partial charge on any atom is 0.0411 e. The van der Waals surface area contributed by atoms with Gasteiger partial charge in [0.15, 0.2) is 0 Å². The third kappa shape index (κ3) is 1.99. The van der Waals surface area contributed by atoms with Gasteiger partial charge in [-0.1, -0.05) is 37.9 Å². The van der Waals surface area contributed by atoms with Crippen molar-refractivity contribution in [2.75, 3.05) is 6.54 Å². The van der Waals surface area contributed by atoms with E-state index in [0.717, 1.165) is 11.6 Å². The van der Waals surface area contributed by atoms with Crippen LogP contribution in [-0.4, -0.2) is 6.54 Å². The number of hydrogen-bond donors (Lipinski definition) is 1. The molecular formula is C14H20ClN. The Morgan fingerprint density at radius 3 is 2.44 bits per heavy atom. The molecule has 2 heteroatoms. The lowest BCUT2D eigenvalue weighted by Crippen LogP contribution is -2.41. The van der Waals surface area contributed by atoms with E-state index in [-0.39, 0.29) is 5.41 Å². The highest BCUT2D eigenvalue weighted by Gasteiger charge is 2.37. The highest BCUT2D eigenvalue weighted by molar-refractivity contribution is 6.30. The Morgan fingerprint density at radius 1 is 1.31 bits per heavy atom. The summed E-state index contributed by atoms with van der Waals surface area (Å²) < 4.78 is 0. The van der Waals surface area contributed by atoms with Crippen LogP contribution in [0.5, 0.6) is 0 Å². The van der Waals surface area contributed by atoms with Crippen molar-refractivity contribution in [3.8, 4) is 0 Å². The van der Waals surface area contributed by atoms with Crippen molar-refractivity contribution in [1.82, 2.24) is 0 Å². The first-order valence-electron chi connectivity index (χ1n) is 6.08. The minimum atomic E-state index is 0.217. The summed E-state index contributed by atoms with van der Waals surface area (Å²) in [5, 5.41) is 0.848. The molecule has 0 saturated heterocycles. The zero-order valence-corrected chi connectivity index (χ0v) is 10.8. The molecular weight excluding hydrogens is 218 g/mol. The first-order chi connectivity index (χ1) is 7.57. The van der Waals surface area contributed by atoms with Crippen LogP contribution in [0.25, 0.3) is 0 Å². The quantitative estimate of drug-likeness (QED) is 0.849. The second kappa shape index (κ2) is 4.38.